The van der Waals surface area contributed by atoms with Gasteiger partial charge in [-0.25, -0.2) is 0 Å². The molecule has 2 nitrogen and oxygen atoms in total. The number of hydrogen-bond donors (Lipinski definition) is 2. The maximum atomic E-state index is 6.02. The minimum atomic E-state index is -0.106. The van der Waals surface area contributed by atoms with E-state index in [-0.39, 0.29) is 10.8 Å². The molecule has 1 rings (SSSR count). The summed E-state index contributed by atoms with van der Waals surface area (Å²) in [5, 5.41) is 0. The van der Waals surface area contributed by atoms with Crippen molar-refractivity contribution >= 4 is 11.8 Å². The zero-order chi connectivity index (χ0) is 9.90. The average molecular weight is 198 g/mol. The predicted molar refractivity (Wildman–Crippen MR) is 60.5 cm³/mol. The van der Waals surface area contributed by atoms with Gasteiger partial charge in [-0.2, -0.15) is 0 Å². The standard InChI is InChI=1S/C10H18N2S/c1-3-7-13-10(2)8(11)5-4-6-9(10)12/h4-6,8H,3,7,11-12H2,1-2H3. The van der Waals surface area contributed by atoms with Crippen molar-refractivity contribution in [1.82, 2.24) is 0 Å². The second-order valence-corrected chi connectivity index (χ2v) is 5.03. The van der Waals surface area contributed by atoms with E-state index in [0.717, 1.165) is 17.9 Å². The molecule has 0 fully saturated rings. The van der Waals surface area contributed by atoms with Crippen LogP contribution in [-0.2, 0) is 0 Å². The van der Waals surface area contributed by atoms with Crippen LogP contribution >= 0.6 is 11.8 Å². The third-order valence-electron chi connectivity index (χ3n) is 2.41. The molecular weight excluding hydrogens is 180 g/mol. The van der Waals surface area contributed by atoms with Gasteiger partial charge in [0.2, 0.25) is 0 Å². The third kappa shape index (κ3) is 2.09. The molecule has 0 saturated carbocycles. The lowest BCUT2D eigenvalue weighted by Crippen LogP contribution is -2.47. The molecule has 0 radical (unpaired) electrons. The van der Waals surface area contributed by atoms with Crippen LogP contribution in [0.1, 0.15) is 20.3 Å². The van der Waals surface area contributed by atoms with Crippen LogP contribution in [0.4, 0.5) is 0 Å². The van der Waals surface area contributed by atoms with E-state index in [2.05, 4.69) is 13.8 Å². The lowest BCUT2D eigenvalue weighted by molar-refractivity contribution is 0.633. The van der Waals surface area contributed by atoms with Crippen molar-refractivity contribution < 1.29 is 0 Å². The summed E-state index contributed by atoms with van der Waals surface area (Å²) in [6.45, 7) is 4.29. The van der Waals surface area contributed by atoms with Crippen LogP contribution in [0.25, 0.3) is 0 Å². The van der Waals surface area contributed by atoms with Gasteiger partial charge in [0.15, 0.2) is 0 Å². The highest BCUT2D eigenvalue weighted by atomic mass is 32.2. The van der Waals surface area contributed by atoms with E-state index in [9.17, 15) is 0 Å². The molecule has 74 valence electrons. The predicted octanol–water partition coefficient (Wildman–Crippen LogP) is 1.63. The van der Waals surface area contributed by atoms with Crippen LogP contribution in [0.5, 0.6) is 0 Å². The summed E-state index contributed by atoms with van der Waals surface area (Å²) >= 11 is 1.85. The van der Waals surface area contributed by atoms with Gasteiger partial charge in [0.05, 0.1) is 4.75 Å². The second kappa shape index (κ2) is 4.20. The molecule has 0 amide bonds. The Morgan fingerprint density at radius 1 is 1.62 bits per heavy atom. The Kier molecular flexibility index (Phi) is 3.45. The second-order valence-electron chi connectivity index (χ2n) is 3.49. The molecule has 13 heavy (non-hydrogen) atoms. The summed E-state index contributed by atoms with van der Waals surface area (Å²) in [6.07, 6.45) is 7.06. The molecule has 0 aromatic rings. The first-order valence-corrected chi connectivity index (χ1v) is 5.63. The van der Waals surface area contributed by atoms with Crippen LogP contribution < -0.4 is 11.5 Å². The van der Waals surface area contributed by atoms with Gasteiger partial charge < -0.3 is 11.5 Å². The Morgan fingerprint density at radius 2 is 2.31 bits per heavy atom. The molecular formula is C10H18N2S. The Labute approximate surface area is 84.4 Å². The first-order chi connectivity index (χ1) is 6.11. The van der Waals surface area contributed by atoms with Crippen LogP contribution in [0.3, 0.4) is 0 Å². The smallest absolute Gasteiger partial charge is 0.0710 e. The minimum Gasteiger partial charge on any atom is -0.401 e. The van der Waals surface area contributed by atoms with Crippen molar-refractivity contribution in [2.75, 3.05) is 5.75 Å². The topological polar surface area (TPSA) is 52.0 Å². The fraction of sp³-hybridized carbons (Fsp3) is 0.600. The largest absolute Gasteiger partial charge is 0.401 e. The van der Waals surface area contributed by atoms with Crippen LogP contribution in [0.15, 0.2) is 23.9 Å². The number of nitrogens with two attached hydrogens (primary N) is 2. The summed E-state index contributed by atoms with van der Waals surface area (Å²) < 4.78 is -0.106. The lowest BCUT2D eigenvalue weighted by atomic mass is 9.93. The molecule has 0 aliphatic heterocycles. The molecule has 2 atom stereocenters. The molecule has 0 bridgehead atoms. The number of hydrogen-bond acceptors (Lipinski definition) is 3. The Morgan fingerprint density at radius 3 is 2.85 bits per heavy atom. The Balaban J connectivity index is 2.74. The highest BCUT2D eigenvalue weighted by Gasteiger charge is 2.34. The van der Waals surface area contributed by atoms with Crippen LogP contribution in [0, 0.1) is 0 Å². The molecule has 3 heteroatoms. The fourth-order valence-electron chi connectivity index (χ4n) is 1.31. The summed E-state index contributed by atoms with van der Waals surface area (Å²) in [7, 11) is 0. The molecule has 0 aromatic carbocycles. The Bertz CT molecular complexity index is 235. The van der Waals surface area contributed by atoms with Crippen molar-refractivity contribution in [1.29, 1.82) is 0 Å². The third-order valence-corrected chi connectivity index (χ3v) is 4.13. The van der Waals surface area contributed by atoms with Crippen LogP contribution in [-0.4, -0.2) is 16.5 Å². The SMILES string of the molecule is CCCSC1(C)C(N)=CC=CC1N. The zero-order valence-corrected chi connectivity index (χ0v) is 9.10. The molecule has 2 unspecified atom stereocenters. The van der Waals surface area contributed by atoms with Gasteiger partial charge in [-0.15, -0.1) is 11.8 Å². The number of thioether (sulfide) groups is 1. The van der Waals surface area contributed by atoms with E-state index in [1.165, 1.54) is 0 Å². The monoisotopic (exact) mass is 198 g/mol. The van der Waals surface area contributed by atoms with Gasteiger partial charge in [0.25, 0.3) is 0 Å². The summed E-state index contributed by atoms with van der Waals surface area (Å²) in [6, 6.07) is 0.0362. The highest BCUT2D eigenvalue weighted by Crippen LogP contribution is 2.35. The van der Waals surface area contributed by atoms with Gasteiger partial charge in [-0.1, -0.05) is 19.1 Å². The molecule has 0 saturated heterocycles. The fourth-order valence-corrected chi connectivity index (χ4v) is 2.45. The van der Waals surface area contributed by atoms with Crippen LogP contribution in [0.2, 0.25) is 0 Å². The van der Waals surface area contributed by atoms with Crippen molar-refractivity contribution in [3.63, 3.8) is 0 Å². The van der Waals surface area contributed by atoms with Crippen molar-refractivity contribution in [2.24, 2.45) is 11.5 Å². The van der Waals surface area contributed by atoms with Gasteiger partial charge in [-0.3, -0.25) is 0 Å². The average Bonchev–Trinajstić information content (AvgIpc) is 2.11. The molecule has 4 N–H and O–H groups in total. The van der Waals surface area contributed by atoms with Gasteiger partial charge >= 0.3 is 0 Å². The zero-order valence-electron chi connectivity index (χ0n) is 8.29. The summed E-state index contributed by atoms with van der Waals surface area (Å²) in [5.41, 5.74) is 12.9. The number of allylic oxidation sites excluding steroid dienone is 2. The van der Waals surface area contributed by atoms with Crippen molar-refractivity contribution in [3.05, 3.63) is 23.9 Å². The van der Waals surface area contributed by atoms with Crippen molar-refractivity contribution in [2.45, 2.75) is 31.1 Å². The van der Waals surface area contributed by atoms with Crippen molar-refractivity contribution in [3.8, 4) is 0 Å². The van der Waals surface area contributed by atoms with E-state index in [1.54, 1.807) is 0 Å². The van der Waals surface area contributed by atoms with Gasteiger partial charge in [-0.05, 0) is 25.2 Å². The Hall–Kier alpha value is -0.410. The normalized spacial score (nSPS) is 33.2. The first-order valence-electron chi connectivity index (χ1n) is 4.65. The van der Waals surface area contributed by atoms with E-state index >= 15 is 0 Å². The maximum Gasteiger partial charge on any atom is 0.0710 e. The van der Waals surface area contributed by atoms with E-state index in [0.29, 0.717) is 0 Å². The number of rotatable bonds is 3. The first kappa shape index (κ1) is 10.7. The summed E-state index contributed by atoms with van der Waals surface area (Å²) in [4.78, 5) is 0. The highest BCUT2D eigenvalue weighted by molar-refractivity contribution is 8.00. The quantitative estimate of drug-likeness (QED) is 0.724. The summed E-state index contributed by atoms with van der Waals surface area (Å²) in [5.74, 6) is 1.10. The molecule has 0 spiro atoms. The minimum absolute atomic E-state index is 0.0362. The maximum absolute atomic E-state index is 6.02. The van der Waals surface area contributed by atoms with Gasteiger partial charge in [0, 0.05) is 11.7 Å². The van der Waals surface area contributed by atoms with E-state index < -0.39 is 0 Å². The lowest BCUT2D eigenvalue weighted by Gasteiger charge is -2.35. The van der Waals surface area contributed by atoms with E-state index in [4.69, 9.17) is 11.5 Å². The van der Waals surface area contributed by atoms with E-state index in [1.807, 2.05) is 30.0 Å². The molecule has 0 heterocycles. The molecule has 1 aliphatic rings. The molecule has 1 aliphatic carbocycles. The molecule has 0 aromatic heterocycles. The van der Waals surface area contributed by atoms with Gasteiger partial charge in [0.1, 0.15) is 0 Å².